The summed E-state index contributed by atoms with van der Waals surface area (Å²) in [5, 5.41) is 12.3. The first-order valence-corrected chi connectivity index (χ1v) is 8.01. The number of nitrogens with one attached hydrogen (secondary N) is 1. The van der Waals surface area contributed by atoms with Crippen molar-refractivity contribution in [2.45, 2.75) is 57.5 Å². The van der Waals surface area contributed by atoms with Crippen molar-refractivity contribution in [1.29, 1.82) is 0 Å². The van der Waals surface area contributed by atoms with Crippen LogP contribution in [-0.2, 0) is 9.53 Å². The van der Waals surface area contributed by atoms with Crippen LogP contribution in [0.25, 0.3) is 0 Å². The summed E-state index contributed by atoms with van der Waals surface area (Å²) >= 11 is 0. The molecule has 2 amide bonds. The van der Waals surface area contributed by atoms with E-state index in [0.717, 1.165) is 32.1 Å². The predicted molar refractivity (Wildman–Crippen MR) is 78.1 cm³/mol. The highest BCUT2D eigenvalue weighted by Crippen LogP contribution is 2.24. The molecule has 3 unspecified atom stereocenters. The fourth-order valence-electron chi connectivity index (χ4n) is 3.28. The third-order valence-electron chi connectivity index (χ3n) is 4.60. The Kier molecular flexibility index (Phi) is 5.85. The summed E-state index contributed by atoms with van der Waals surface area (Å²) in [6.45, 7) is 3.73. The van der Waals surface area contributed by atoms with Gasteiger partial charge < -0.3 is 20.1 Å². The van der Waals surface area contributed by atoms with Gasteiger partial charge in [0.05, 0.1) is 25.2 Å². The van der Waals surface area contributed by atoms with Gasteiger partial charge in [-0.3, -0.25) is 4.79 Å². The van der Waals surface area contributed by atoms with Crippen molar-refractivity contribution in [3.8, 4) is 0 Å². The maximum atomic E-state index is 12.5. The molecule has 2 N–H and O–H groups in total. The van der Waals surface area contributed by atoms with E-state index in [1.807, 2.05) is 6.92 Å². The van der Waals surface area contributed by atoms with E-state index in [9.17, 15) is 14.7 Å². The lowest BCUT2D eigenvalue weighted by Crippen LogP contribution is -2.55. The van der Waals surface area contributed by atoms with Crippen molar-refractivity contribution >= 4 is 12.0 Å². The van der Waals surface area contributed by atoms with Gasteiger partial charge in [-0.05, 0) is 19.3 Å². The van der Waals surface area contributed by atoms with Crippen molar-refractivity contribution in [3.63, 3.8) is 0 Å². The second-order valence-electron chi connectivity index (χ2n) is 5.97. The van der Waals surface area contributed by atoms with Crippen LogP contribution < -0.4 is 5.32 Å². The van der Waals surface area contributed by atoms with Crippen LogP contribution in [0.2, 0.25) is 0 Å². The van der Waals surface area contributed by atoms with Gasteiger partial charge in [-0.1, -0.05) is 26.2 Å². The monoisotopic (exact) mass is 298 g/mol. The first-order valence-electron chi connectivity index (χ1n) is 8.01. The molecule has 1 saturated carbocycles. The quantitative estimate of drug-likeness (QED) is 0.779. The predicted octanol–water partition coefficient (Wildman–Crippen LogP) is 1.84. The molecule has 1 heterocycles. The van der Waals surface area contributed by atoms with Gasteiger partial charge in [0.1, 0.15) is 0 Å². The summed E-state index contributed by atoms with van der Waals surface area (Å²) in [5.41, 5.74) is 0. The van der Waals surface area contributed by atoms with Crippen LogP contribution in [0.15, 0.2) is 0 Å². The summed E-state index contributed by atoms with van der Waals surface area (Å²) in [6.07, 6.45) is 5.21. The Labute approximate surface area is 125 Å². The Balaban J connectivity index is 1.99. The zero-order chi connectivity index (χ0) is 15.2. The molecule has 0 aromatic carbocycles. The minimum Gasteiger partial charge on any atom is -0.481 e. The van der Waals surface area contributed by atoms with E-state index in [4.69, 9.17) is 4.74 Å². The fraction of sp³-hybridized carbons (Fsp3) is 0.867. The standard InChI is InChI=1S/C15H26N2O4/c1-2-11-10-21-9-8-17(11)15(20)16-13-7-5-3-4-6-12(13)14(18)19/h11-13H,2-10H2,1H3,(H,16,20)(H,18,19). The first-order chi connectivity index (χ1) is 10.1. The zero-order valence-corrected chi connectivity index (χ0v) is 12.7. The number of aliphatic carboxylic acids is 1. The molecule has 1 saturated heterocycles. The smallest absolute Gasteiger partial charge is 0.318 e. The van der Waals surface area contributed by atoms with Crippen LogP contribution in [0.3, 0.4) is 0 Å². The summed E-state index contributed by atoms with van der Waals surface area (Å²) in [6, 6.07) is -0.297. The molecular formula is C15H26N2O4. The molecule has 120 valence electrons. The normalized spacial score (nSPS) is 30.5. The van der Waals surface area contributed by atoms with Crippen molar-refractivity contribution in [1.82, 2.24) is 10.2 Å². The third kappa shape index (κ3) is 4.09. The highest BCUT2D eigenvalue weighted by Gasteiger charge is 2.33. The van der Waals surface area contributed by atoms with Crippen molar-refractivity contribution < 1.29 is 19.4 Å². The van der Waals surface area contributed by atoms with Gasteiger partial charge in [0, 0.05) is 12.6 Å². The number of rotatable bonds is 3. The maximum absolute atomic E-state index is 12.5. The van der Waals surface area contributed by atoms with Gasteiger partial charge in [-0.2, -0.15) is 0 Å². The van der Waals surface area contributed by atoms with E-state index in [0.29, 0.717) is 26.2 Å². The number of urea groups is 1. The summed E-state index contributed by atoms with van der Waals surface area (Å²) in [4.78, 5) is 25.7. The van der Waals surface area contributed by atoms with Crippen LogP contribution in [0.4, 0.5) is 4.79 Å². The molecule has 1 aliphatic heterocycles. The molecule has 2 rings (SSSR count). The zero-order valence-electron chi connectivity index (χ0n) is 12.7. The highest BCUT2D eigenvalue weighted by molar-refractivity contribution is 5.77. The Bertz CT molecular complexity index is 375. The molecule has 0 spiro atoms. The third-order valence-corrected chi connectivity index (χ3v) is 4.60. The van der Waals surface area contributed by atoms with Gasteiger partial charge in [0.25, 0.3) is 0 Å². The molecular weight excluding hydrogens is 272 g/mol. The molecule has 0 aromatic heterocycles. The summed E-state index contributed by atoms with van der Waals surface area (Å²) < 4.78 is 5.41. The van der Waals surface area contributed by atoms with Gasteiger partial charge in [0.15, 0.2) is 0 Å². The first kappa shape index (κ1) is 16.1. The number of carboxylic acid groups (broad SMARTS) is 1. The van der Waals surface area contributed by atoms with Gasteiger partial charge >= 0.3 is 12.0 Å². The largest absolute Gasteiger partial charge is 0.481 e. The van der Waals surface area contributed by atoms with Crippen LogP contribution in [-0.4, -0.2) is 53.8 Å². The average molecular weight is 298 g/mol. The number of ether oxygens (including phenoxy) is 1. The highest BCUT2D eigenvalue weighted by atomic mass is 16.5. The number of hydrogen-bond donors (Lipinski definition) is 2. The Morgan fingerprint density at radius 3 is 2.76 bits per heavy atom. The van der Waals surface area contributed by atoms with Crippen molar-refractivity contribution in [2.24, 2.45) is 5.92 Å². The summed E-state index contributed by atoms with van der Waals surface area (Å²) in [5.74, 6) is -1.26. The van der Waals surface area contributed by atoms with Gasteiger partial charge in [0.2, 0.25) is 0 Å². The molecule has 6 nitrogen and oxygen atoms in total. The van der Waals surface area contributed by atoms with Crippen LogP contribution in [0.5, 0.6) is 0 Å². The van der Waals surface area contributed by atoms with E-state index in [1.165, 1.54) is 0 Å². The van der Waals surface area contributed by atoms with E-state index >= 15 is 0 Å². The van der Waals surface area contributed by atoms with Crippen molar-refractivity contribution in [2.75, 3.05) is 19.8 Å². The molecule has 1 aliphatic carbocycles. The lowest BCUT2D eigenvalue weighted by molar-refractivity contribution is -0.142. The van der Waals surface area contributed by atoms with E-state index in [2.05, 4.69) is 5.32 Å². The summed E-state index contributed by atoms with van der Waals surface area (Å²) in [7, 11) is 0. The number of nitrogens with zero attached hydrogens (tertiary/aromatic N) is 1. The molecule has 6 heteroatoms. The molecule has 0 aromatic rings. The lowest BCUT2D eigenvalue weighted by Gasteiger charge is -2.36. The fourth-order valence-corrected chi connectivity index (χ4v) is 3.28. The number of amides is 2. The molecule has 2 fully saturated rings. The second-order valence-corrected chi connectivity index (χ2v) is 5.97. The second kappa shape index (κ2) is 7.64. The van der Waals surface area contributed by atoms with Crippen molar-refractivity contribution in [3.05, 3.63) is 0 Å². The van der Waals surface area contributed by atoms with Crippen LogP contribution >= 0.6 is 0 Å². The number of hydrogen-bond acceptors (Lipinski definition) is 3. The molecule has 0 bridgehead atoms. The topological polar surface area (TPSA) is 78.9 Å². The number of morpholine rings is 1. The molecule has 2 aliphatic rings. The number of carbonyl (C=O) groups is 2. The Morgan fingerprint density at radius 1 is 1.29 bits per heavy atom. The molecule has 0 radical (unpaired) electrons. The number of carbonyl (C=O) groups excluding carboxylic acids is 1. The minimum atomic E-state index is -0.795. The lowest BCUT2D eigenvalue weighted by atomic mass is 9.95. The van der Waals surface area contributed by atoms with Gasteiger partial charge in [-0.25, -0.2) is 4.79 Å². The van der Waals surface area contributed by atoms with Crippen LogP contribution in [0, 0.1) is 5.92 Å². The molecule has 21 heavy (non-hydrogen) atoms. The molecule has 3 atom stereocenters. The van der Waals surface area contributed by atoms with Gasteiger partial charge in [-0.15, -0.1) is 0 Å². The van der Waals surface area contributed by atoms with E-state index in [-0.39, 0.29) is 18.1 Å². The SMILES string of the molecule is CCC1COCCN1C(=O)NC1CCCCCC1C(=O)O. The Morgan fingerprint density at radius 2 is 2.05 bits per heavy atom. The number of carboxylic acids is 1. The minimum absolute atomic E-state index is 0.0906. The van der Waals surface area contributed by atoms with E-state index < -0.39 is 11.9 Å². The average Bonchev–Trinajstić information content (AvgIpc) is 2.72. The van der Waals surface area contributed by atoms with Crippen LogP contribution in [0.1, 0.15) is 45.4 Å². The maximum Gasteiger partial charge on any atom is 0.318 e. The Hall–Kier alpha value is -1.30. The van der Waals surface area contributed by atoms with E-state index in [1.54, 1.807) is 4.90 Å².